The Balaban J connectivity index is 1.64. The summed E-state index contributed by atoms with van der Waals surface area (Å²) in [4.78, 5) is 26.1. The molecular formula is C17H17ClN2O3. The summed E-state index contributed by atoms with van der Waals surface area (Å²) in [5.41, 5.74) is 1.61. The van der Waals surface area contributed by atoms with Crippen molar-refractivity contribution in [1.29, 1.82) is 0 Å². The number of anilines is 1. The van der Waals surface area contributed by atoms with Crippen LogP contribution in [0.15, 0.2) is 41.0 Å². The highest BCUT2D eigenvalue weighted by Gasteiger charge is 2.34. The summed E-state index contributed by atoms with van der Waals surface area (Å²) in [5, 5.41) is 3.43. The SMILES string of the molecule is Cc1ccc(Cl)cc1NC(=O)C1CC(=O)N(Cc2ccco2)C1. The zero-order chi connectivity index (χ0) is 16.4. The van der Waals surface area contributed by atoms with Gasteiger partial charge in [-0.2, -0.15) is 0 Å². The van der Waals surface area contributed by atoms with Crippen molar-refractivity contribution in [3.05, 3.63) is 52.9 Å². The third kappa shape index (κ3) is 3.56. The number of halogens is 1. The van der Waals surface area contributed by atoms with Gasteiger partial charge in [0.25, 0.3) is 0 Å². The monoisotopic (exact) mass is 332 g/mol. The van der Waals surface area contributed by atoms with E-state index in [4.69, 9.17) is 16.0 Å². The second-order valence-corrected chi connectivity index (χ2v) is 6.14. The van der Waals surface area contributed by atoms with Crippen molar-refractivity contribution in [2.45, 2.75) is 19.9 Å². The highest BCUT2D eigenvalue weighted by atomic mass is 35.5. The lowest BCUT2D eigenvalue weighted by atomic mass is 10.1. The Morgan fingerprint density at radius 2 is 2.26 bits per heavy atom. The highest BCUT2D eigenvalue weighted by molar-refractivity contribution is 6.31. The number of amides is 2. The van der Waals surface area contributed by atoms with Crippen LogP contribution in [-0.2, 0) is 16.1 Å². The first-order chi connectivity index (χ1) is 11.0. The van der Waals surface area contributed by atoms with Gasteiger partial charge in [-0.3, -0.25) is 9.59 Å². The lowest BCUT2D eigenvalue weighted by Crippen LogP contribution is -2.28. The van der Waals surface area contributed by atoms with Gasteiger partial charge in [0.2, 0.25) is 11.8 Å². The molecule has 1 aromatic carbocycles. The Bertz CT molecular complexity index is 727. The Kier molecular flexibility index (Phi) is 4.39. The average Bonchev–Trinajstić information content (AvgIpc) is 3.14. The van der Waals surface area contributed by atoms with Crippen LogP contribution >= 0.6 is 11.6 Å². The minimum absolute atomic E-state index is 0.0376. The number of hydrogen-bond acceptors (Lipinski definition) is 3. The fourth-order valence-electron chi connectivity index (χ4n) is 2.65. The van der Waals surface area contributed by atoms with Crippen molar-refractivity contribution in [2.24, 2.45) is 5.92 Å². The molecule has 1 unspecified atom stereocenters. The second kappa shape index (κ2) is 6.46. The lowest BCUT2D eigenvalue weighted by Gasteiger charge is -2.15. The molecule has 1 aliphatic heterocycles. The maximum atomic E-state index is 12.4. The number of furan rings is 1. The number of nitrogens with one attached hydrogen (secondary N) is 1. The fraction of sp³-hybridized carbons (Fsp3) is 0.294. The van der Waals surface area contributed by atoms with Gasteiger partial charge in [0.15, 0.2) is 0 Å². The molecule has 1 aliphatic rings. The van der Waals surface area contributed by atoms with Crippen LogP contribution in [-0.4, -0.2) is 23.3 Å². The molecule has 1 fully saturated rings. The molecule has 1 atom stereocenters. The summed E-state index contributed by atoms with van der Waals surface area (Å²) in [6.07, 6.45) is 1.79. The van der Waals surface area contributed by atoms with Gasteiger partial charge in [-0.15, -0.1) is 0 Å². The maximum Gasteiger partial charge on any atom is 0.229 e. The molecule has 3 rings (SSSR count). The molecule has 2 aromatic rings. The number of hydrogen-bond donors (Lipinski definition) is 1. The first kappa shape index (κ1) is 15.6. The van der Waals surface area contributed by atoms with Gasteiger partial charge in [0.1, 0.15) is 5.76 Å². The van der Waals surface area contributed by atoms with E-state index in [9.17, 15) is 9.59 Å². The normalized spacial score (nSPS) is 17.6. The summed E-state index contributed by atoms with van der Waals surface area (Å²) in [5.74, 6) is 0.149. The summed E-state index contributed by atoms with van der Waals surface area (Å²) in [6, 6.07) is 8.93. The molecule has 2 amide bonds. The molecule has 1 aromatic heterocycles. The number of carbonyl (C=O) groups is 2. The van der Waals surface area contributed by atoms with E-state index in [0.29, 0.717) is 29.6 Å². The van der Waals surface area contributed by atoms with Gasteiger partial charge in [0, 0.05) is 23.7 Å². The van der Waals surface area contributed by atoms with Gasteiger partial charge in [-0.05, 0) is 36.8 Å². The average molecular weight is 333 g/mol. The molecule has 0 bridgehead atoms. The zero-order valence-corrected chi connectivity index (χ0v) is 13.5. The Hall–Kier alpha value is -2.27. The van der Waals surface area contributed by atoms with Crippen LogP contribution in [0.5, 0.6) is 0 Å². The highest BCUT2D eigenvalue weighted by Crippen LogP contribution is 2.24. The second-order valence-electron chi connectivity index (χ2n) is 5.70. The largest absolute Gasteiger partial charge is 0.467 e. The van der Waals surface area contributed by atoms with E-state index in [1.165, 1.54) is 0 Å². The predicted octanol–water partition coefficient (Wildman–Crippen LogP) is 3.23. The molecule has 6 heteroatoms. The van der Waals surface area contributed by atoms with Crippen molar-refractivity contribution >= 4 is 29.1 Å². The molecular weight excluding hydrogens is 316 g/mol. The van der Waals surface area contributed by atoms with E-state index in [1.807, 2.05) is 19.1 Å². The first-order valence-corrected chi connectivity index (χ1v) is 7.78. The third-order valence-electron chi connectivity index (χ3n) is 3.97. The lowest BCUT2D eigenvalue weighted by molar-refractivity contribution is -0.128. The van der Waals surface area contributed by atoms with Crippen LogP contribution in [0.25, 0.3) is 0 Å². The summed E-state index contributed by atoms with van der Waals surface area (Å²) in [7, 11) is 0. The van der Waals surface area contributed by atoms with Gasteiger partial charge >= 0.3 is 0 Å². The predicted molar refractivity (Wildman–Crippen MR) is 87.1 cm³/mol. The number of nitrogens with zero attached hydrogens (tertiary/aromatic N) is 1. The van der Waals surface area contributed by atoms with Crippen LogP contribution in [0.4, 0.5) is 5.69 Å². The van der Waals surface area contributed by atoms with Crippen LogP contribution in [0, 0.1) is 12.8 Å². The van der Waals surface area contributed by atoms with E-state index in [2.05, 4.69) is 5.32 Å². The summed E-state index contributed by atoms with van der Waals surface area (Å²) < 4.78 is 5.25. The van der Waals surface area contributed by atoms with Crippen molar-refractivity contribution in [2.75, 3.05) is 11.9 Å². The molecule has 0 aliphatic carbocycles. The molecule has 120 valence electrons. The van der Waals surface area contributed by atoms with E-state index in [0.717, 1.165) is 5.56 Å². The smallest absolute Gasteiger partial charge is 0.229 e. The minimum Gasteiger partial charge on any atom is -0.467 e. The summed E-state index contributed by atoms with van der Waals surface area (Å²) >= 11 is 5.96. The Labute approximate surface area is 139 Å². The number of rotatable bonds is 4. The topological polar surface area (TPSA) is 62.6 Å². The van der Waals surface area contributed by atoms with Crippen molar-refractivity contribution in [1.82, 2.24) is 4.90 Å². The van der Waals surface area contributed by atoms with Crippen molar-refractivity contribution in [3.8, 4) is 0 Å². The number of carbonyl (C=O) groups excluding carboxylic acids is 2. The van der Waals surface area contributed by atoms with Gasteiger partial charge in [-0.1, -0.05) is 17.7 Å². The molecule has 0 saturated carbocycles. The molecule has 2 heterocycles. The Morgan fingerprint density at radius 1 is 1.43 bits per heavy atom. The number of likely N-dealkylation sites (tertiary alicyclic amines) is 1. The summed E-state index contributed by atoms with van der Waals surface area (Å²) in [6.45, 7) is 2.69. The van der Waals surface area contributed by atoms with Crippen molar-refractivity contribution in [3.63, 3.8) is 0 Å². The maximum absolute atomic E-state index is 12.4. The van der Waals surface area contributed by atoms with E-state index in [1.54, 1.807) is 29.4 Å². The standard InChI is InChI=1S/C17H17ClN2O3/c1-11-4-5-13(18)8-15(11)19-17(22)12-7-16(21)20(9-12)10-14-3-2-6-23-14/h2-6,8,12H,7,9-10H2,1H3,(H,19,22). The molecule has 23 heavy (non-hydrogen) atoms. The van der Waals surface area contributed by atoms with Crippen LogP contribution in [0.1, 0.15) is 17.7 Å². The van der Waals surface area contributed by atoms with Crippen LogP contribution in [0.3, 0.4) is 0 Å². The van der Waals surface area contributed by atoms with Gasteiger partial charge in [-0.25, -0.2) is 0 Å². The van der Waals surface area contributed by atoms with E-state index < -0.39 is 0 Å². The first-order valence-electron chi connectivity index (χ1n) is 7.40. The number of benzene rings is 1. The minimum atomic E-state index is -0.365. The number of aryl methyl sites for hydroxylation is 1. The molecule has 5 nitrogen and oxygen atoms in total. The third-order valence-corrected chi connectivity index (χ3v) is 4.20. The Morgan fingerprint density at radius 3 is 3.00 bits per heavy atom. The molecule has 0 spiro atoms. The van der Waals surface area contributed by atoms with Crippen molar-refractivity contribution < 1.29 is 14.0 Å². The molecule has 0 radical (unpaired) electrons. The van der Waals surface area contributed by atoms with Gasteiger partial charge in [0.05, 0.1) is 18.7 Å². The van der Waals surface area contributed by atoms with Gasteiger partial charge < -0.3 is 14.6 Å². The molecule has 1 N–H and O–H groups in total. The quantitative estimate of drug-likeness (QED) is 0.935. The van der Waals surface area contributed by atoms with E-state index in [-0.39, 0.29) is 24.2 Å². The van der Waals surface area contributed by atoms with Crippen LogP contribution < -0.4 is 5.32 Å². The fourth-order valence-corrected chi connectivity index (χ4v) is 2.83. The van der Waals surface area contributed by atoms with E-state index >= 15 is 0 Å². The molecule has 1 saturated heterocycles. The zero-order valence-electron chi connectivity index (χ0n) is 12.7. The van der Waals surface area contributed by atoms with Crippen LogP contribution in [0.2, 0.25) is 5.02 Å².